The molecular weight excluding hydrogens is 146 g/mol. The molecule has 0 bridgehead atoms. The van der Waals surface area contributed by atoms with Crippen LogP contribution in [0.15, 0.2) is 0 Å². The second-order valence-corrected chi connectivity index (χ2v) is 3.07. The van der Waals surface area contributed by atoms with Crippen molar-refractivity contribution in [3.05, 3.63) is 0 Å². The van der Waals surface area contributed by atoms with Gasteiger partial charge in [0.1, 0.15) is 0 Å². The van der Waals surface area contributed by atoms with Crippen LogP contribution in [-0.2, 0) is 0 Å². The molecule has 1 aliphatic rings. The lowest BCUT2D eigenvalue weighted by atomic mass is 10.1. The molecule has 0 aromatic heterocycles. The standard InChI is InChI=1S/C7H13NO3/c1-4(8-7(10)11)6(9)5-2-3-5/h4-6,8-9H,2-3H2,1H3,(H,10,11)/t4-,6?/m0/s1. The van der Waals surface area contributed by atoms with Crippen molar-refractivity contribution in [3.63, 3.8) is 0 Å². The first kappa shape index (κ1) is 8.33. The van der Waals surface area contributed by atoms with Crippen molar-refractivity contribution in [2.24, 2.45) is 5.92 Å². The van der Waals surface area contributed by atoms with Gasteiger partial charge >= 0.3 is 6.09 Å². The van der Waals surface area contributed by atoms with Gasteiger partial charge in [0.15, 0.2) is 0 Å². The lowest BCUT2D eigenvalue weighted by Crippen LogP contribution is -2.41. The maximum Gasteiger partial charge on any atom is 0.404 e. The fraction of sp³-hybridized carbons (Fsp3) is 0.857. The van der Waals surface area contributed by atoms with Gasteiger partial charge in [-0.25, -0.2) is 4.79 Å². The number of carbonyl (C=O) groups is 1. The summed E-state index contributed by atoms with van der Waals surface area (Å²) in [6.07, 6.45) is 0.461. The second kappa shape index (κ2) is 3.09. The van der Waals surface area contributed by atoms with Gasteiger partial charge in [0.05, 0.1) is 12.1 Å². The molecule has 0 heterocycles. The summed E-state index contributed by atoms with van der Waals surface area (Å²) in [6, 6.07) is -0.347. The molecule has 4 nitrogen and oxygen atoms in total. The smallest absolute Gasteiger partial charge is 0.404 e. The zero-order chi connectivity index (χ0) is 8.43. The first-order valence-electron chi connectivity index (χ1n) is 3.79. The molecule has 1 fully saturated rings. The number of aliphatic hydroxyl groups excluding tert-OH is 1. The van der Waals surface area contributed by atoms with Crippen LogP contribution >= 0.6 is 0 Å². The third-order valence-corrected chi connectivity index (χ3v) is 1.97. The van der Waals surface area contributed by atoms with Crippen molar-refractivity contribution in [1.29, 1.82) is 0 Å². The molecule has 0 radical (unpaired) electrons. The van der Waals surface area contributed by atoms with Crippen LogP contribution in [0.1, 0.15) is 19.8 Å². The number of carboxylic acid groups (broad SMARTS) is 1. The molecule has 0 saturated heterocycles. The second-order valence-electron chi connectivity index (χ2n) is 3.07. The first-order valence-corrected chi connectivity index (χ1v) is 3.79. The average molecular weight is 159 g/mol. The Morgan fingerprint density at radius 3 is 2.55 bits per heavy atom. The predicted molar refractivity (Wildman–Crippen MR) is 39.4 cm³/mol. The molecule has 1 saturated carbocycles. The molecule has 64 valence electrons. The van der Waals surface area contributed by atoms with E-state index in [1.54, 1.807) is 6.92 Å². The Morgan fingerprint density at radius 2 is 2.18 bits per heavy atom. The van der Waals surface area contributed by atoms with E-state index in [4.69, 9.17) is 5.11 Å². The fourth-order valence-electron chi connectivity index (χ4n) is 1.13. The van der Waals surface area contributed by atoms with Crippen molar-refractivity contribution >= 4 is 6.09 Å². The highest BCUT2D eigenvalue weighted by Crippen LogP contribution is 2.33. The largest absolute Gasteiger partial charge is 0.465 e. The number of aliphatic hydroxyl groups is 1. The SMILES string of the molecule is C[C@H](NC(=O)O)C(O)C1CC1. The maximum atomic E-state index is 10.1. The molecule has 1 aliphatic carbocycles. The van der Waals surface area contributed by atoms with Crippen LogP contribution in [0.3, 0.4) is 0 Å². The summed E-state index contributed by atoms with van der Waals surface area (Å²) in [5.74, 6) is 0.317. The van der Waals surface area contributed by atoms with Crippen molar-refractivity contribution in [2.45, 2.75) is 31.9 Å². The lowest BCUT2D eigenvalue weighted by Gasteiger charge is -2.17. The highest BCUT2D eigenvalue weighted by atomic mass is 16.4. The number of hydrogen-bond acceptors (Lipinski definition) is 2. The zero-order valence-corrected chi connectivity index (χ0v) is 6.45. The van der Waals surface area contributed by atoms with Gasteiger partial charge in [0, 0.05) is 0 Å². The minimum absolute atomic E-state index is 0.317. The number of hydrogen-bond donors (Lipinski definition) is 3. The van der Waals surface area contributed by atoms with Crippen LogP contribution in [-0.4, -0.2) is 28.5 Å². The Labute approximate surface area is 65.2 Å². The van der Waals surface area contributed by atoms with Crippen LogP contribution in [0.25, 0.3) is 0 Å². The van der Waals surface area contributed by atoms with Crippen LogP contribution in [0.5, 0.6) is 0 Å². The van der Waals surface area contributed by atoms with Crippen LogP contribution < -0.4 is 5.32 Å². The van der Waals surface area contributed by atoms with E-state index in [9.17, 15) is 9.90 Å². The summed E-state index contributed by atoms with van der Waals surface area (Å²) in [4.78, 5) is 10.1. The van der Waals surface area contributed by atoms with Gasteiger partial charge in [-0.05, 0) is 25.7 Å². The predicted octanol–water partition coefficient (Wildman–Crippen LogP) is 0.413. The van der Waals surface area contributed by atoms with E-state index in [0.29, 0.717) is 5.92 Å². The summed E-state index contributed by atoms with van der Waals surface area (Å²) in [5, 5.41) is 19.9. The minimum Gasteiger partial charge on any atom is -0.465 e. The van der Waals surface area contributed by atoms with E-state index in [0.717, 1.165) is 12.8 Å². The molecular formula is C7H13NO3. The normalized spacial score (nSPS) is 22.4. The van der Waals surface area contributed by atoms with Crippen molar-refractivity contribution in [3.8, 4) is 0 Å². The van der Waals surface area contributed by atoms with Gasteiger partial charge in [-0.15, -0.1) is 0 Å². The highest BCUT2D eigenvalue weighted by molar-refractivity contribution is 5.64. The Bertz CT molecular complexity index is 156. The Balaban J connectivity index is 2.26. The van der Waals surface area contributed by atoms with E-state index in [-0.39, 0.29) is 6.04 Å². The average Bonchev–Trinajstić information content (AvgIpc) is 2.65. The van der Waals surface area contributed by atoms with Gasteiger partial charge in [0.25, 0.3) is 0 Å². The molecule has 0 spiro atoms. The highest BCUT2D eigenvalue weighted by Gasteiger charge is 2.33. The molecule has 3 N–H and O–H groups in total. The quantitative estimate of drug-likeness (QED) is 0.558. The van der Waals surface area contributed by atoms with E-state index in [1.165, 1.54) is 0 Å². The molecule has 2 atom stereocenters. The fourth-order valence-corrected chi connectivity index (χ4v) is 1.13. The van der Waals surface area contributed by atoms with Crippen molar-refractivity contribution in [2.75, 3.05) is 0 Å². The van der Waals surface area contributed by atoms with Crippen LogP contribution in [0.4, 0.5) is 4.79 Å². The van der Waals surface area contributed by atoms with Crippen LogP contribution in [0, 0.1) is 5.92 Å². The molecule has 0 aromatic rings. The topological polar surface area (TPSA) is 69.6 Å². The molecule has 0 aromatic carbocycles. The van der Waals surface area contributed by atoms with Crippen molar-refractivity contribution in [1.82, 2.24) is 5.32 Å². The van der Waals surface area contributed by atoms with Gasteiger partial charge < -0.3 is 15.5 Å². The minimum atomic E-state index is -1.07. The van der Waals surface area contributed by atoms with Gasteiger partial charge in [-0.1, -0.05) is 0 Å². The Hall–Kier alpha value is -0.770. The Morgan fingerprint density at radius 1 is 1.64 bits per heavy atom. The number of nitrogens with one attached hydrogen (secondary N) is 1. The molecule has 1 rings (SSSR count). The van der Waals surface area contributed by atoms with E-state index < -0.39 is 12.2 Å². The number of rotatable bonds is 3. The van der Waals surface area contributed by atoms with Crippen LogP contribution in [0.2, 0.25) is 0 Å². The molecule has 11 heavy (non-hydrogen) atoms. The van der Waals surface area contributed by atoms with Gasteiger partial charge in [-0.2, -0.15) is 0 Å². The molecule has 1 amide bonds. The van der Waals surface area contributed by atoms with E-state index in [2.05, 4.69) is 5.32 Å². The lowest BCUT2D eigenvalue weighted by molar-refractivity contribution is 0.108. The first-order chi connectivity index (χ1) is 5.11. The molecule has 0 aliphatic heterocycles. The van der Waals surface area contributed by atoms with Gasteiger partial charge in [-0.3, -0.25) is 0 Å². The molecule has 4 heteroatoms. The summed E-state index contributed by atoms with van der Waals surface area (Å²) >= 11 is 0. The summed E-state index contributed by atoms with van der Waals surface area (Å²) < 4.78 is 0. The van der Waals surface area contributed by atoms with E-state index >= 15 is 0 Å². The maximum absolute atomic E-state index is 10.1. The number of amides is 1. The Kier molecular flexibility index (Phi) is 2.34. The third-order valence-electron chi connectivity index (χ3n) is 1.97. The summed E-state index contributed by atoms with van der Waals surface area (Å²) in [5.41, 5.74) is 0. The van der Waals surface area contributed by atoms with Crippen molar-refractivity contribution < 1.29 is 15.0 Å². The summed E-state index contributed by atoms with van der Waals surface area (Å²) in [7, 11) is 0. The molecule has 1 unspecified atom stereocenters. The monoisotopic (exact) mass is 159 g/mol. The summed E-state index contributed by atoms with van der Waals surface area (Å²) in [6.45, 7) is 1.68. The third kappa shape index (κ3) is 2.38. The van der Waals surface area contributed by atoms with Gasteiger partial charge in [0.2, 0.25) is 0 Å². The zero-order valence-electron chi connectivity index (χ0n) is 6.45. The van der Waals surface area contributed by atoms with E-state index in [1.807, 2.05) is 0 Å².